The summed E-state index contributed by atoms with van der Waals surface area (Å²) in [6.45, 7) is 2.29. The fourth-order valence-corrected chi connectivity index (χ4v) is 4.68. The van der Waals surface area contributed by atoms with Crippen LogP contribution in [0.2, 0.25) is 0 Å². The number of rotatable bonds is 3. The third-order valence-electron chi connectivity index (χ3n) is 6.10. The molecule has 1 saturated heterocycles. The van der Waals surface area contributed by atoms with Gasteiger partial charge in [-0.1, -0.05) is 24.3 Å². The Hall–Kier alpha value is -1.92. The second-order valence-electron chi connectivity index (χ2n) is 7.51. The Morgan fingerprint density at radius 2 is 1.67 bits per heavy atom. The number of hydrogen-bond donors (Lipinski definition) is 0. The summed E-state index contributed by atoms with van der Waals surface area (Å²) in [4.78, 5) is 7.12. The molecule has 0 radical (unpaired) electrons. The van der Waals surface area contributed by atoms with Crippen LogP contribution in [0.5, 0.6) is 0 Å². The molecule has 1 fully saturated rings. The Morgan fingerprint density at radius 1 is 0.963 bits per heavy atom. The third-order valence-corrected chi connectivity index (χ3v) is 6.10. The van der Waals surface area contributed by atoms with E-state index in [0.717, 1.165) is 29.0 Å². The quantitative estimate of drug-likeness (QED) is 0.756. The minimum Gasteiger partial charge on any atom is -0.303 e. The zero-order valence-electron chi connectivity index (χ0n) is 15.3. The lowest BCUT2D eigenvalue weighted by atomic mass is 9.74. The highest BCUT2D eigenvalue weighted by atomic mass is 19.4. The molecule has 0 aliphatic carbocycles. The average Bonchev–Trinajstić information content (AvgIpc) is 2.68. The summed E-state index contributed by atoms with van der Waals surface area (Å²) in [6.07, 6.45) is 1.64. The summed E-state index contributed by atoms with van der Waals surface area (Å²) in [7, 11) is 0. The summed E-state index contributed by atoms with van der Waals surface area (Å²) in [6, 6.07) is 11.7. The number of likely N-dealkylation sites (tertiary alicyclic amines) is 1. The molecule has 0 saturated carbocycles. The van der Waals surface area contributed by atoms with Gasteiger partial charge in [-0.3, -0.25) is 4.98 Å². The van der Waals surface area contributed by atoms with Gasteiger partial charge in [0, 0.05) is 38.6 Å². The lowest BCUT2D eigenvalue weighted by Crippen LogP contribution is -2.60. The predicted octanol–water partition coefficient (Wildman–Crippen LogP) is 3.99. The highest BCUT2D eigenvalue weighted by Crippen LogP contribution is 2.47. The molecular formula is C21H24F3N3. The molecule has 0 unspecified atom stereocenters. The Balaban J connectivity index is 1.52. The maximum atomic E-state index is 13.8. The van der Waals surface area contributed by atoms with Crippen LogP contribution in [0.3, 0.4) is 0 Å². The SMILES string of the molecule is FC(F)(F)N1CCc2ccccc2C12CCN(CCc1ccncc1)CC2. The monoisotopic (exact) mass is 375 g/mol. The van der Waals surface area contributed by atoms with E-state index >= 15 is 0 Å². The molecule has 0 atom stereocenters. The molecule has 27 heavy (non-hydrogen) atoms. The smallest absolute Gasteiger partial charge is 0.303 e. The Labute approximate surface area is 157 Å². The normalized spacial score (nSPS) is 20.6. The lowest BCUT2D eigenvalue weighted by molar-refractivity contribution is -0.287. The van der Waals surface area contributed by atoms with Crippen molar-refractivity contribution in [2.75, 3.05) is 26.2 Å². The minimum absolute atomic E-state index is 0.0531. The highest BCUT2D eigenvalue weighted by molar-refractivity contribution is 5.37. The largest absolute Gasteiger partial charge is 0.460 e. The van der Waals surface area contributed by atoms with Crippen molar-refractivity contribution in [2.24, 2.45) is 0 Å². The zero-order chi connectivity index (χ0) is 18.9. The predicted molar refractivity (Wildman–Crippen MR) is 98.2 cm³/mol. The van der Waals surface area contributed by atoms with Gasteiger partial charge in [0.25, 0.3) is 0 Å². The van der Waals surface area contributed by atoms with E-state index in [-0.39, 0.29) is 6.54 Å². The number of alkyl halides is 3. The third kappa shape index (κ3) is 3.60. The number of nitrogens with zero attached hydrogens (tertiary/aromatic N) is 3. The fraction of sp³-hybridized carbons (Fsp3) is 0.476. The molecular weight excluding hydrogens is 351 g/mol. The van der Waals surface area contributed by atoms with E-state index in [4.69, 9.17) is 0 Å². The first-order chi connectivity index (χ1) is 13.0. The molecule has 1 aromatic heterocycles. The molecule has 0 amide bonds. The van der Waals surface area contributed by atoms with Crippen LogP contribution in [0.25, 0.3) is 0 Å². The average molecular weight is 375 g/mol. The van der Waals surface area contributed by atoms with Crippen LogP contribution in [-0.2, 0) is 18.4 Å². The van der Waals surface area contributed by atoms with Gasteiger partial charge in [0.2, 0.25) is 0 Å². The summed E-state index contributed by atoms with van der Waals surface area (Å²) >= 11 is 0. The Morgan fingerprint density at radius 3 is 2.37 bits per heavy atom. The van der Waals surface area contributed by atoms with Gasteiger partial charge < -0.3 is 4.90 Å². The first kappa shape index (κ1) is 18.4. The molecule has 2 aliphatic rings. The first-order valence-corrected chi connectivity index (χ1v) is 9.53. The summed E-state index contributed by atoms with van der Waals surface area (Å²) in [5.74, 6) is 0. The second kappa shape index (κ2) is 7.24. The van der Waals surface area contributed by atoms with Gasteiger partial charge in [-0.2, -0.15) is 13.2 Å². The van der Waals surface area contributed by atoms with Crippen molar-refractivity contribution in [1.29, 1.82) is 0 Å². The topological polar surface area (TPSA) is 19.4 Å². The molecule has 4 rings (SSSR count). The molecule has 3 nitrogen and oxygen atoms in total. The number of pyridine rings is 1. The molecule has 3 heterocycles. The van der Waals surface area contributed by atoms with Crippen LogP contribution in [0.1, 0.15) is 29.5 Å². The fourth-order valence-electron chi connectivity index (χ4n) is 4.68. The number of benzene rings is 1. The van der Waals surface area contributed by atoms with Crippen molar-refractivity contribution >= 4 is 0 Å². The van der Waals surface area contributed by atoms with Gasteiger partial charge in [-0.25, -0.2) is 4.90 Å². The summed E-state index contributed by atoms with van der Waals surface area (Å²) < 4.78 is 41.5. The maximum Gasteiger partial charge on any atom is 0.460 e. The summed E-state index contributed by atoms with van der Waals surface area (Å²) in [5, 5.41) is 0. The van der Waals surface area contributed by atoms with Crippen LogP contribution in [0, 0.1) is 0 Å². The van der Waals surface area contributed by atoms with E-state index in [9.17, 15) is 13.2 Å². The van der Waals surface area contributed by atoms with E-state index in [1.54, 1.807) is 12.4 Å². The second-order valence-corrected chi connectivity index (χ2v) is 7.51. The van der Waals surface area contributed by atoms with E-state index in [0.29, 0.717) is 32.4 Å². The van der Waals surface area contributed by atoms with Crippen molar-refractivity contribution in [3.8, 4) is 0 Å². The van der Waals surface area contributed by atoms with Crippen LogP contribution >= 0.6 is 0 Å². The van der Waals surface area contributed by atoms with Crippen molar-refractivity contribution in [2.45, 2.75) is 37.5 Å². The standard InChI is InChI=1S/C21H24F3N3/c22-21(23,24)27-14-8-18-3-1-2-4-19(18)20(27)9-15-26(16-10-20)13-7-17-5-11-25-12-6-17/h1-6,11-12H,7-10,13-16H2. The van der Waals surface area contributed by atoms with Crippen LogP contribution in [0.4, 0.5) is 13.2 Å². The van der Waals surface area contributed by atoms with E-state index < -0.39 is 11.8 Å². The van der Waals surface area contributed by atoms with E-state index in [2.05, 4.69) is 9.88 Å². The number of fused-ring (bicyclic) bond motifs is 2. The zero-order valence-corrected chi connectivity index (χ0v) is 15.3. The maximum absolute atomic E-state index is 13.8. The Bertz CT molecular complexity index is 768. The molecule has 6 heteroatoms. The number of halogens is 3. The van der Waals surface area contributed by atoms with Gasteiger partial charge in [-0.15, -0.1) is 0 Å². The minimum atomic E-state index is -4.30. The van der Waals surface area contributed by atoms with E-state index in [1.807, 2.05) is 36.4 Å². The van der Waals surface area contributed by atoms with E-state index in [1.165, 1.54) is 5.56 Å². The number of hydrogen-bond acceptors (Lipinski definition) is 3. The van der Waals surface area contributed by atoms with Crippen molar-refractivity contribution < 1.29 is 13.2 Å². The molecule has 1 spiro atoms. The lowest BCUT2D eigenvalue weighted by Gasteiger charge is -2.52. The van der Waals surface area contributed by atoms with Crippen molar-refractivity contribution in [1.82, 2.24) is 14.8 Å². The highest BCUT2D eigenvalue weighted by Gasteiger charge is 2.54. The van der Waals surface area contributed by atoms with Gasteiger partial charge in [-0.05, 0) is 54.5 Å². The molecule has 2 aliphatic heterocycles. The molecule has 0 N–H and O–H groups in total. The molecule has 2 aromatic rings. The van der Waals surface area contributed by atoms with Crippen LogP contribution < -0.4 is 0 Å². The molecule has 1 aromatic carbocycles. The van der Waals surface area contributed by atoms with Crippen LogP contribution in [-0.4, -0.2) is 47.3 Å². The van der Waals surface area contributed by atoms with Crippen LogP contribution in [0.15, 0.2) is 48.8 Å². The van der Waals surface area contributed by atoms with Crippen molar-refractivity contribution in [3.63, 3.8) is 0 Å². The van der Waals surface area contributed by atoms with Gasteiger partial charge in [0.05, 0.1) is 5.54 Å². The van der Waals surface area contributed by atoms with Gasteiger partial charge in [0.15, 0.2) is 0 Å². The molecule has 0 bridgehead atoms. The molecule has 144 valence electrons. The number of aromatic nitrogens is 1. The van der Waals surface area contributed by atoms with Crippen molar-refractivity contribution in [3.05, 3.63) is 65.5 Å². The number of piperidine rings is 1. The first-order valence-electron chi connectivity index (χ1n) is 9.53. The van der Waals surface area contributed by atoms with Gasteiger partial charge >= 0.3 is 6.30 Å². The van der Waals surface area contributed by atoms with Gasteiger partial charge in [0.1, 0.15) is 0 Å². The Kier molecular flexibility index (Phi) is 4.95. The summed E-state index contributed by atoms with van der Waals surface area (Å²) in [5.41, 5.74) is 2.25.